The number of hydrogen-bond donors (Lipinski definition) is 0. The highest BCUT2D eigenvalue weighted by Crippen LogP contribution is 2.39. The van der Waals surface area contributed by atoms with Gasteiger partial charge in [0.15, 0.2) is 0 Å². The van der Waals surface area contributed by atoms with E-state index in [1.807, 2.05) is 0 Å². The van der Waals surface area contributed by atoms with Crippen LogP contribution in [0.25, 0.3) is 0 Å². The summed E-state index contributed by atoms with van der Waals surface area (Å²) in [6.07, 6.45) is 6.01. The van der Waals surface area contributed by atoms with Gasteiger partial charge in [0, 0.05) is 5.92 Å². The standard InChI is InChI=1S/C11H20O/c1-11(2,3)7-6-10(8-12)9-4-5-9/h8-10H,4-7H2,1-3H3. The van der Waals surface area contributed by atoms with Crippen LogP contribution in [-0.2, 0) is 4.79 Å². The number of carbonyl (C=O) groups excluding carboxylic acids is 1. The molecule has 0 aromatic heterocycles. The first-order valence-corrected chi connectivity index (χ1v) is 4.98. The minimum Gasteiger partial charge on any atom is -0.303 e. The van der Waals surface area contributed by atoms with E-state index in [2.05, 4.69) is 20.8 Å². The minimum absolute atomic E-state index is 0.365. The lowest BCUT2D eigenvalue weighted by Gasteiger charge is -2.19. The van der Waals surface area contributed by atoms with Gasteiger partial charge in [0.1, 0.15) is 6.29 Å². The number of carbonyl (C=O) groups is 1. The molecule has 0 aliphatic heterocycles. The van der Waals surface area contributed by atoms with Gasteiger partial charge in [-0.15, -0.1) is 0 Å². The summed E-state index contributed by atoms with van der Waals surface area (Å²) in [6.45, 7) is 6.71. The number of hydrogen-bond acceptors (Lipinski definition) is 1. The maximum atomic E-state index is 10.7. The lowest BCUT2D eigenvalue weighted by molar-refractivity contribution is -0.111. The molecule has 1 fully saturated rings. The van der Waals surface area contributed by atoms with E-state index in [4.69, 9.17) is 0 Å². The second kappa shape index (κ2) is 3.59. The molecule has 0 radical (unpaired) electrons. The first-order chi connectivity index (χ1) is 5.53. The van der Waals surface area contributed by atoms with Crippen molar-refractivity contribution in [2.24, 2.45) is 17.3 Å². The van der Waals surface area contributed by atoms with Gasteiger partial charge in [-0.1, -0.05) is 20.8 Å². The fraction of sp³-hybridized carbons (Fsp3) is 0.909. The average Bonchev–Trinajstić information content (AvgIpc) is 2.70. The number of rotatable bonds is 4. The Morgan fingerprint density at radius 1 is 1.42 bits per heavy atom. The molecule has 1 nitrogen and oxygen atoms in total. The van der Waals surface area contributed by atoms with Gasteiger partial charge >= 0.3 is 0 Å². The van der Waals surface area contributed by atoms with E-state index in [1.54, 1.807) is 0 Å². The molecule has 0 aromatic rings. The first-order valence-electron chi connectivity index (χ1n) is 4.98. The molecular weight excluding hydrogens is 148 g/mol. The molecule has 1 aliphatic carbocycles. The van der Waals surface area contributed by atoms with Crippen molar-refractivity contribution in [2.75, 3.05) is 0 Å². The van der Waals surface area contributed by atoms with Crippen LogP contribution in [0.5, 0.6) is 0 Å². The topological polar surface area (TPSA) is 17.1 Å². The van der Waals surface area contributed by atoms with Gasteiger partial charge in [-0.2, -0.15) is 0 Å². The predicted molar refractivity (Wildman–Crippen MR) is 51.0 cm³/mol. The van der Waals surface area contributed by atoms with Gasteiger partial charge in [-0.05, 0) is 37.0 Å². The fourth-order valence-electron chi connectivity index (χ4n) is 1.54. The molecule has 1 aliphatic rings. The summed E-state index contributed by atoms with van der Waals surface area (Å²) >= 11 is 0. The summed E-state index contributed by atoms with van der Waals surface area (Å²) in [7, 11) is 0. The Bertz CT molecular complexity index is 151. The van der Waals surface area contributed by atoms with Crippen molar-refractivity contribution in [1.82, 2.24) is 0 Å². The molecule has 0 bridgehead atoms. The van der Waals surface area contributed by atoms with Crippen LogP contribution < -0.4 is 0 Å². The molecule has 70 valence electrons. The Balaban J connectivity index is 2.23. The summed E-state index contributed by atoms with van der Waals surface area (Å²) < 4.78 is 0. The van der Waals surface area contributed by atoms with Crippen LogP contribution in [0.4, 0.5) is 0 Å². The zero-order valence-electron chi connectivity index (χ0n) is 8.47. The molecular formula is C11H20O. The molecule has 1 heteroatoms. The molecule has 0 spiro atoms. The van der Waals surface area contributed by atoms with E-state index in [-0.39, 0.29) is 0 Å². The van der Waals surface area contributed by atoms with Crippen LogP contribution in [0.3, 0.4) is 0 Å². The molecule has 0 aromatic carbocycles. The summed E-state index contributed by atoms with van der Waals surface area (Å²) in [5, 5.41) is 0. The summed E-state index contributed by atoms with van der Waals surface area (Å²) in [4.78, 5) is 10.7. The predicted octanol–water partition coefficient (Wildman–Crippen LogP) is 3.04. The highest BCUT2D eigenvalue weighted by molar-refractivity contribution is 5.54. The van der Waals surface area contributed by atoms with Crippen molar-refractivity contribution >= 4 is 6.29 Å². The van der Waals surface area contributed by atoms with E-state index in [9.17, 15) is 4.79 Å². The zero-order valence-corrected chi connectivity index (χ0v) is 8.47. The van der Waals surface area contributed by atoms with Crippen molar-refractivity contribution in [3.05, 3.63) is 0 Å². The zero-order chi connectivity index (χ0) is 9.19. The molecule has 1 unspecified atom stereocenters. The summed E-state index contributed by atoms with van der Waals surface area (Å²) in [5.41, 5.74) is 0.385. The van der Waals surface area contributed by atoms with Crippen molar-refractivity contribution in [3.63, 3.8) is 0 Å². The maximum absolute atomic E-state index is 10.7. The van der Waals surface area contributed by atoms with Gasteiger partial charge in [0.2, 0.25) is 0 Å². The second-order valence-electron chi connectivity index (χ2n) is 5.24. The Hall–Kier alpha value is -0.330. The SMILES string of the molecule is CC(C)(C)CCC(C=O)C1CC1. The van der Waals surface area contributed by atoms with Crippen molar-refractivity contribution in [1.29, 1.82) is 0 Å². The van der Waals surface area contributed by atoms with Gasteiger partial charge in [0.25, 0.3) is 0 Å². The van der Waals surface area contributed by atoms with E-state index in [1.165, 1.54) is 25.5 Å². The van der Waals surface area contributed by atoms with Crippen LogP contribution in [0.2, 0.25) is 0 Å². The largest absolute Gasteiger partial charge is 0.303 e. The molecule has 12 heavy (non-hydrogen) atoms. The Labute approximate surface area is 75.5 Å². The van der Waals surface area contributed by atoms with Gasteiger partial charge < -0.3 is 4.79 Å². The van der Waals surface area contributed by atoms with Crippen LogP contribution >= 0.6 is 0 Å². The molecule has 0 N–H and O–H groups in total. The highest BCUT2D eigenvalue weighted by Gasteiger charge is 2.31. The third-order valence-corrected chi connectivity index (χ3v) is 2.63. The Morgan fingerprint density at radius 3 is 2.33 bits per heavy atom. The average molecular weight is 168 g/mol. The monoisotopic (exact) mass is 168 g/mol. The van der Waals surface area contributed by atoms with E-state index in [0.717, 1.165) is 12.3 Å². The van der Waals surface area contributed by atoms with Crippen LogP contribution in [0.1, 0.15) is 46.5 Å². The molecule has 0 amide bonds. The highest BCUT2D eigenvalue weighted by atomic mass is 16.1. The van der Waals surface area contributed by atoms with Gasteiger partial charge in [-0.25, -0.2) is 0 Å². The van der Waals surface area contributed by atoms with E-state index in [0.29, 0.717) is 11.3 Å². The van der Waals surface area contributed by atoms with Crippen LogP contribution in [-0.4, -0.2) is 6.29 Å². The van der Waals surface area contributed by atoms with Crippen molar-refractivity contribution in [3.8, 4) is 0 Å². The molecule has 1 saturated carbocycles. The quantitative estimate of drug-likeness (QED) is 0.590. The normalized spacial score (nSPS) is 20.6. The smallest absolute Gasteiger partial charge is 0.123 e. The van der Waals surface area contributed by atoms with Gasteiger partial charge in [0.05, 0.1) is 0 Å². The lowest BCUT2D eigenvalue weighted by atomic mass is 9.86. The molecule has 0 saturated heterocycles. The maximum Gasteiger partial charge on any atom is 0.123 e. The van der Waals surface area contributed by atoms with Crippen molar-refractivity contribution < 1.29 is 4.79 Å². The first kappa shape index (κ1) is 9.76. The van der Waals surface area contributed by atoms with Crippen LogP contribution in [0.15, 0.2) is 0 Å². The third kappa shape index (κ3) is 3.38. The Morgan fingerprint density at radius 2 is 2.00 bits per heavy atom. The second-order valence-corrected chi connectivity index (χ2v) is 5.24. The summed E-state index contributed by atoms with van der Waals surface area (Å²) in [5.74, 6) is 1.11. The Kier molecular flexibility index (Phi) is 2.92. The van der Waals surface area contributed by atoms with Crippen molar-refractivity contribution in [2.45, 2.75) is 46.5 Å². The van der Waals surface area contributed by atoms with E-state index >= 15 is 0 Å². The van der Waals surface area contributed by atoms with E-state index < -0.39 is 0 Å². The van der Waals surface area contributed by atoms with Gasteiger partial charge in [-0.3, -0.25) is 0 Å². The molecule has 1 atom stereocenters. The fourth-order valence-corrected chi connectivity index (χ4v) is 1.54. The molecule has 0 heterocycles. The van der Waals surface area contributed by atoms with Crippen LogP contribution in [0, 0.1) is 17.3 Å². The molecule has 1 rings (SSSR count). The lowest BCUT2D eigenvalue weighted by Crippen LogP contribution is -2.11. The minimum atomic E-state index is 0.365. The third-order valence-electron chi connectivity index (χ3n) is 2.63. The summed E-state index contributed by atoms with van der Waals surface area (Å²) in [6, 6.07) is 0. The number of aldehydes is 1.